The van der Waals surface area contributed by atoms with Gasteiger partial charge in [0.05, 0.1) is 12.9 Å². The summed E-state index contributed by atoms with van der Waals surface area (Å²) in [6.45, 7) is -0.956. The molecule has 0 aliphatic carbocycles. The van der Waals surface area contributed by atoms with Crippen molar-refractivity contribution in [1.29, 1.82) is 0 Å². The Balaban J connectivity index is 0.00000272. The topological polar surface area (TPSA) is 311 Å². The number of hydrogen-bond acceptors (Lipinski definition) is 13. The van der Waals surface area contributed by atoms with Crippen molar-refractivity contribution in [2.24, 2.45) is 0 Å². The molecule has 0 bridgehead atoms. The number of aromatic nitrogens is 4. The minimum atomic E-state index is -5.70. The van der Waals surface area contributed by atoms with Crippen molar-refractivity contribution in [3.05, 3.63) is 12.7 Å². The van der Waals surface area contributed by atoms with Crippen LogP contribution in [-0.2, 0) is 31.6 Å². The summed E-state index contributed by atoms with van der Waals surface area (Å²) in [6.07, 6.45) is -3.69. The number of anilines is 1. The molecule has 0 amide bonds. The first-order valence-corrected chi connectivity index (χ1v) is 12.4. The van der Waals surface area contributed by atoms with Gasteiger partial charge in [-0.15, -0.1) is 0 Å². The molecule has 23 heteroatoms. The molecular formula is C10H18N5NaO14P3. The SMILES string of the molecule is Nc1ncnc2c1ncn2[C@@H]1O[C@H](COP(=O)(O)OP(=O)(O)OP(=O)(O)O)[C@@H](O)[C@H]1O.O.[Na]. The van der Waals surface area contributed by atoms with E-state index in [2.05, 4.69) is 28.1 Å². The number of phosphoric acid groups is 3. The summed E-state index contributed by atoms with van der Waals surface area (Å²) in [7, 11) is -16.7. The van der Waals surface area contributed by atoms with E-state index in [1.165, 1.54) is 10.9 Å². The van der Waals surface area contributed by atoms with Gasteiger partial charge in [-0.2, -0.15) is 8.62 Å². The third-order valence-electron chi connectivity index (χ3n) is 3.82. The van der Waals surface area contributed by atoms with E-state index in [-0.39, 0.29) is 52.0 Å². The Labute approximate surface area is 205 Å². The van der Waals surface area contributed by atoms with Crippen molar-refractivity contribution < 1.29 is 66.8 Å². The average Bonchev–Trinajstić information content (AvgIpc) is 3.13. The molecule has 2 unspecified atom stereocenters. The zero-order chi connectivity index (χ0) is 23.2. The minimum absolute atomic E-state index is 0. The Morgan fingerprint density at radius 1 is 1.03 bits per heavy atom. The second-order valence-electron chi connectivity index (χ2n) is 6.02. The summed E-state index contributed by atoms with van der Waals surface area (Å²) in [5, 5.41) is 20.4. The number of aliphatic hydroxyl groups is 2. The summed E-state index contributed by atoms with van der Waals surface area (Å²) in [5.74, 6) is 0.0426. The molecule has 183 valence electrons. The molecule has 19 nitrogen and oxygen atoms in total. The van der Waals surface area contributed by atoms with Crippen molar-refractivity contribution in [3.63, 3.8) is 0 Å². The van der Waals surface area contributed by atoms with Crippen LogP contribution >= 0.6 is 23.5 Å². The Bertz CT molecular complexity index is 1110. The van der Waals surface area contributed by atoms with E-state index in [9.17, 15) is 28.8 Å². The number of nitrogens with zero attached hydrogens (tertiary/aromatic N) is 4. The number of fused-ring (bicyclic) bond motifs is 1. The fraction of sp³-hybridized carbons (Fsp3) is 0.500. The molecule has 3 heterocycles. The molecule has 3 rings (SSSR count). The van der Waals surface area contributed by atoms with Crippen LogP contribution in [0.15, 0.2) is 12.7 Å². The molecule has 1 aliphatic rings. The predicted octanol–water partition coefficient (Wildman–Crippen LogP) is -2.83. The van der Waals surface area contributed by atoms with Crippen LogP contribution in [0.5, 0.6) is 0 Å². The summed E-state index contributed by atoms with van der Waals surface area (Å²) >= 11 is 0. The number of aliphatic hydroxyl groups excluding tert-OH is 2. The summed E-state index contributed by atoms with van der Waals surface area (Å²) in [4.78, 5) is 47.2. The zero-order valence-corrected chi connectivity index (χ0v) is 21.1. The van der Waals surface area contributed by atoms with Gasteiger partial charge >= 0.3 is 23.5 Å². The number of hydrogen-bond donors (Lipinski definition) is 7. The van der Waals surface area contributed by atoms with Crippen LogP contribution < -0.4 is 5.73 Å². The molecule has 1 aliphatic heterocycles. The van der Waals surface area contributed by atoms with Crippen LogP contribution in [0.4, 0.5) is 5.82 Å². The van der Waals surface area contributed by atoms with Gasteiger partial charge in [0.25, 0.3) is 0 Å². The summed E-state index contributed by atoms with van der Waals surface area (Å²) in [5.41, 5.74) is 6.00. The molecule has 1 radical (unpaired) electrons. The van der Waals surface area contributed by atoms with Gasteiger partial charge in [0.15, 0.2) is 17.7 Å². The molecule has 6 atom stereocenters. The molecule has 1 fully saturated rings. The van der Waals surface area contributed by atoms with Gasteiger partial charge in [0, 0.05) is 29.6 Å². The van der Waals surface area contributed by atoms with Gasteiger partial charge in [-0.05, 0) is 0 Å². The third kappa shape index (κ3) is 7.54. The van der Waals surface area contributed by atoms with Gasteiger partial charge < -0.3 is 45.7 Å². The monoisotopic (exact) mass is 548 g/mol. The van der Waals surface area contributed by atoms with E-state index >= 15 is 0 Å². The van der Waals surface area contributed by atoms with E-state index in [0.29, 0.717) is 0 Å². The van der Waals surface area contributed by atoms with E-state index in [4.69, 9.17) is 25.2 Å². The number of imidazole rings is 1. The third-order valence-corrected chi connectivity index (χ3v) is 7.62. The van der Waals surface area contributed by atoms with E-state index in [1.807, 2.05) is 0 Å². The number of nitrogens with two attached hydrogens (primary N) is 1. The maximum Gasteiger partial charge on any atom is 0.490 e. The molecule has 1 saturated heterocycles. The first-order chi connectivity index (χ1) is 14.2. The van der Waals surface area contributed by atoms with E-state index in [1.54, 1.807) is 0 Å². The first kappa shape index (κ1) is 30.6. The zero-order valence-electron chi connectivity index (χ0n) is 16.4. The van der Waals surface area contributed by atoms with Gasteiger partial charge in [0.2, 0.25) is 0 Å². The van der Waals surface area contributed by atoms with Crippen LogP contribution in [0.25, 0.3) is 11.2 Å². The van der Waals surface area contributed by atoms with Gasteiger partial charge in [-0.25, -0.2) is 28.6 Å². The fourth-order valence-electron chi connectivity index (χ4n) is 2.62. The van der Waals surface area contributed by atoms with E-state index in [0.717, 1.165) is 6.33 Å². The molecule has 2 aromatic heterocycles. The standard InChI is InChI=1S/C10H16N5O13P3.Na.H2O/c11-8-5-9(13-2-12-8)15(3-14-5)10-7(17)6(16)4(26-10)1-25-30(21,22)28-31(23,24)27-29(18,19)20;;/h2-4,6-7,10,16-17H,1H2,(H,21,22)(H,23,24)(H2,11,12,13)(H2,18,19,20);;1H2/t4-,6-,7-,10-;;/m1../s1. The van der Waals surface area contributed by atoms with Crippen LogP contribution in [0.3, 0.4) is 0 Å². The van der Waals surface area contributed by atoms with Gasteiger partial charge in [-0.1, -0.05) is 0 Å². The van der Waals surface area contributed by atoms with Crippen LogP contribution in [-0.4, -0.2) is 109 Å². The summed E-state index contributed by atoms with van der Waals surface area (Å²) in [6, 6.07) is 0. The summed E-state index contributed by atoms with van der Waals surface area (Å²) < 4.78 is 51.9. The largest absolute Gasteiger partial charge is 0.490 e. The van der Waals surface area contributed by atoms with Crippen molar-refractivity contribution in [2.75, 3.05) is 12.3 Å². The van der Waals surface area contributed by atoms with Crippen molar-refractivity contribution in [1.82, 2.24) is 19.5 Å². The smallest absolute Gasteiger partial charge is 0.412 e. The Morgan fingerprint density at radius 2 is 1.67 bits per heavy atom. The van der Waals surface area contributed by atoms with E-state index < -0.39 is 54.6 Å². The number of phosphoric ester groups is 1. The molecule has 0 saturated carbocycles. The Morgan fingerprint density at radius 3 is 2.27 bits per heavy atom. The van der Waals surface area contributed by atoms with Crippen LogP contribution in [0.1, 0.15) is 6.23 Å². The molecule has 10 N–H and O–H groups in total. The number of ether oxygens (including phenoxy) is 1. The quantitative estimate of drug-likeness (QED) is 0.129. The molecule has 0 aromatic carbocycles. The molecule has 33 heavy (non-hydrogen) atoms. The van der Waals surface area contributed by atoms with Crippen LogP contribution in [0.2, 0.25) is 0 Å². The average molecular weight is 548 g/mol. The molecule has 0 spiro atoms. The minimum Gasteiger partial charge on any atom is -0.412 e. The van der Waals surface area contributed by atoms with Crippen LogP contribution in [0, 0.1) is 0 Å². The van der Waals surface area contributed by atoms with Crippen molar-refractivity contribution >= 4 is 70.0 Å². The first-order valence-electron chi connectivity index (χ1n) is 7.92. The number of rotatable bonds is 8. The van der Waals surface area contributed by atoms with Crippen molar-refractivity contribution in [3.8, 4) is 0 Å². The fourth-order valence-corrected chi connectivity index (χ4v) is 5.65. The predicted molar refractivity (Wildman–Crippen MR) is 105 cm³/mol. The maximum absolute atomic E-state index is 11.8. The maximum atomic E-state index is 11.8. The Hall–Kier alpha value is -0.400. The molecule has 2 aromatic rings. The van der Waals surface area contributed by atoms with Gasteiger partial charge in [-0.3, -0.25) is 9.09 Å². The number of nitrogen functional groups attached to an aromatic ring is 1. The normalized spacial score (nSPS) is 26.7. The van der Waals surface area contributed by atoms with Gasteiger partial charge in [0.1, 0.15) is 30.2 Å². The molecular weight excluding hydrogens is 530 g/mol. The Kier molecular flexibility index (Phi) is 10.3. The second kappa shape index (κ2) is 11.1. The second-order valence-corrected chi connectivity index (χ2v) is 10.4. The van der Waals surface area contributed by atoms with Crippen molar-refractivity contribution in [2.45, 2.75) is 24.5 Å².